The van der Waals surface area contributed by atoms with Crippen molar-refractivity contribution in [2.45, 2.75) is 13.8 Å². The fourth-order valence-electron chi connectivity index (χ4n) is 3.35. The molecule has 0 aliphatic carbocycles. The number of anilines is 1. The summed E-state index contributed by atoms with van der Waals surface area (Å²) in [6.07, 6.45) is 1.31. The Morgan fingerprint density at radius 2 is 1.61 bits per heavy atom. The number of aryl methyl sites for hydroxylation is 2. The lowest BCUT2D eigenvalue weighted by atomic mass is 10.1. The first-order valence-electron chi connectivity index (χ1n) is 9.28. The van der Waals surface area contributed by atoms with E-state index in [9.17, 15) is 14.4 Å². The molecule has 1 N–H and O–H groups in total. The van der Waals surface area contributed by atoms with Gasteiger partial charge in [0.25, 0.3) is 11.8 Å². The number of hydrogen-bond donors (Lipinski definition) is 1. The average Bonchev–Trinajstić information content (AvgIpc) is 3.15. The van der Waals surface area contributed by atoms with Gasteiger partial charge in [-0.2, -0.15) is 0 Å². The van der Waals surface area contributed by atoms with Crippen molar-refractivity contribution < 1.29 is 18.8 Å². The van der Waals surface area contributed by atoms with Gasteiger partial charge < -0.3 is 4.42 Å². The van der Waals surface area contributed by atoms with Gasteiger partial charge in [0.2, 0.25) is 0 Å². The number of halogens is 2. The normalized spacial score (nSPS) is 15.5. The zero-order chi connectivity index (χ0) is 22.3. The molecule has 1 saturated heterocycles. The highest BCUT2D eigenvalue weighted by Gasteiger charge is 2.37. The maximum absolute atomic E-state index is 13.0. The minimum Gasteiger partial charge on any atom is -0.457 e. The van der Waals surface area contributed by atoms with Crippen molar-refractivity contribution in [2.24, 2.45) is 0 Å². The van der Waals surface area contributed by atoms with Crippen molar-refractivity contribution in [3.05, 3.63) is 81.0 Å². The molecular weight excluding hydrogens is 439 g/mol. The number of hydrogen-bond acceptors (Lipinski definition) is 4. The first-order chi connectivity index (χ1) is 14.7. The van der Waals surface area contributed by atoms with E-state index in [4.69, 9.17) is 27.6 Å². The molecule has 8 heteroatoms. The molecule has 0 saturated carbocycles. The summed E-state index contributed by atoms with van der Waals surface area (Å²) in [6.45, 7) is 3.72. The molecule has 0 bridgehead atoms. The van der Waals surface area contributed by atoms with Crippen molar-refractivity contribution in [1.29, 1.82) is 0 Å². The van der Waals surface area contributed by atoms with Crippen LogP contribution in [0, 0.1) is 13.8 Å². The summed E-state index contributed by atoms with van der Waals surface area (Å²) in [5.74, 6) is -0.764. The van der Waals surface area contributed by atoms with Crippen molar-refractivity contribution in [3.8, 4) is 11.3 Å². The van der Waals surface area contributed by atoms with Gasteiger partial charge in [-0.3, -0.25) is 14.9 Å². The molecule has 1 aliphatic heterocycles. The molecule has 31 heavy (non-hydrogen) atoms. The molecule has 6 nitrogen and oxygen atoms in total. The molecule has 4 amide bonds. The molecule has 156 valence electrons. The van der Waals surface area contributed by atoms with Crippen LogP contribution in [0.25, 0.3) is 17.4 Å². The molecule has 0 unspecified atom stereocenters. The predicted octanol–water partition coefficient (Wildman–Crippen LogP) is 5.54. The van der Waals surface area contributed by atoms with Crippen LogP contribution in [-0.2, 0) is 9.59 Å². The molecule has 1 aliphatic rings. The number of benzene rings is 2. The van der Waals surface area contributed by atoms with Crippen LogP contribution in [0.1, 0.15) is 16.9 Å². The number of amides is 4. The van der Waals surface area contributed by atoms with Gasteiger partial charge >= 0.3 is 6.03 Å². The van der Waals surface area contributed by atoms with Crippen LogP contribution in [0.4, 0.5) is 10.5 Å². The average molecular weight is 455 g/mol. The summed E-state index contributed by atoms with van der Waals surface area (Å²) in [7, 11) is 0. The Morgan fingerprint density at radius 1 is 0.903 bits per heavy atom. The lowest BCUT2D eigenvalue weighted by molar-refractivity contribution is -0.122. The van der Waals surface area contributed by atoms with E-state index in [0.29, 0.717) is 27.1 Å². The highest BCUT2D eigenvalue weighted by Crippen LogP contribution is 2.30. The Labute approximate surface area is 188 Å². The van der Waals surface area contributed by atoms with Gasteiger partial charge in [-0.05, 0) is 73.5 Å². The van der Waals surface area contributed by atoms with Crippen LogP contribution in [0.2, 0.25) is 10.0 Å². The second-order valence-electron chi connectivity index (χ2n) is 7.13. The number of barbiturate groups is 1. The fourth-order valence-corrected chi connectivity index (χ4v) is 3.65. The number of carbonyl (C=O) groups is 3. The van der Waals surface area contributed by atoms with E-state index in [1.165, 1.54) is 6.08 Å². The van der Waals surface area contributed by atoms with E-state index in [2.05, 4.69) is 5.32 Å². The number of rotatable bonds is 3. The van der Waals surface area contributed by atoms with Gasteiger partial charge in [-0.25, -0.2) is 9.69 Å². The molecule has 4 rings (SSSR count). The maximum Gasteiger partial charge on any atom is 0.335 e. The Balaban J connectivity index is 1.69. The zero-order valence-corrected chi connectivity index (χ0v) is 18.0. The summed E-state index contributed by atoms with van der Waals surface area (Å²) in [5.41, 5.74) is 2.62. The fraction of sp³-hybridized carbons (Fsp3) is 0.0870. The predicted molar refractivity (Wildman–Crippen MR) is 119 cm³/mol. The van der Waals surface area contributed by atoms with Gasteiger partial charge in [-0.1, -0.05) is 29.3 Å². The van der Waals surface area contributed by atoms with Gasteiger partial charge in [0.15, 0.2) is 0 Å². The third-order valence-corrected chi connectivity index (χ3v) is 5.42. The Kier molecular flexibility index (Phi) is 5.43. The number of urea groups is 1. The van der Waals surface area contributed by atoms with Crippen LogP contribution in [-0.4, -0.2) is 17.8 Å². The molecule has 3 aromatic rings. The molecule has 2 aromatic carbocycles. The van der Waals surface area contributed by atoms with E-state index in [0.717, 1.165) is 16.0 Å². The SMILES string of the molecule is Cc1cc(C)cc(N2C(=O)NC(=O)C(=Cc3ccc(-c4ccc(Cl)c(Cl)c4)o3)C2=O)c1. The summed E-state index contributed by atoms with van der Waals surface area (Å²) >= 11 is 12.0. The molecular formula is C23H16Cl2N2O4. The van der Waals surface area contributed by atoms with Crippen LogP contribution >= 0.6 is 23.2 Å². The highest BCUT2D eigenvalue weighted by molar-refractivity contribution is 6.42. The summed E-state index contributed by atoms with van der Waals surface area (Å²) in [6, 6.07) is 12.9. The van der Waals surface area contributed by atoms with E-state index >= 15 is 0 Å². The quantitative estimate of drug-likeness (QED) is 0.416. The van der Waals surface area contributed by atoms with Crippen LogP contribution in [0.3, 0.4) is 0 Å². The van der Waals surface area contributed by atoms with E-state index < -0.39 is 17.8 Å². The Morgan fingerprint density at radius 3 is 2.29 bits per heavy atom. The Hall–Kier alpha value is -3.35. The molecule has 0 radical (unpaired) electrons. The van der Waals surface area contributed by atoms with Crippen LogP contribution in [0.5, 0.6) is 0 Å². The second-order valence-corrected chi connectivity index (χ2v) is 7.95. The second kappa shape index (κ2) is 8.06. The van der Waals surface area contributed by atoms with Crippen molar-refractivity contribution in [1.82, 2.24) is 5.32 Å². The van der Waals surface area contributed by atoms with Gasteiger partial charge in [-0.15, -0.1) is 0 Å². The lowest BCUT2D eigenvalue weighted by Gasteiger charge is -2.26. The van der Waals surface area contributed by atoms with Crippen molar-refractivity contribution in [3.63, 3.8) is 0 Å². The Bertz CT molecular complexity index is 1260. The monoisotopic (exact) mass is 454 g/mol. The van der Waals surface area contributed by atoms with Gasteiger partial charge in [0.1, 0.15) is 17.1 Å². The molecule has 2 heterocycles. The largest absolute Gasteiger partial charge is 0.457 e. The smallest absolute Gasteiger partial charge is 0.335 e. The number of nitrogens with one attached hydrogen (secondary N) is 1. The molecule has 1 fully saturated rings. The van der Waals surface area contributed by atoms with Crippen LogP contribution in [0.15, 0.2) is 58.5 Å². The summed E-state index contributed by atoms with van der Waals surface area (Å²) < 4.78 is 5.76. The standard InChI is InChI=1S/C23H16Cl2N2O4/c1-12-7-13(2)9-15(8-12)27-22(29)17(21(28)26-23(27)30)11-16-4-6-20(31-16)14-3-5-18(24)19(25)10-14/h3-11H,1-2H3,(H,26,28,30). The number of nitrogens with zero attached hydrogens (tertiary/aromatic N) is 1. The number of carbonyl (C=O) groups excluding carboxylic acids is 3. The maximum atomic E-state index is 13.0. The zero-order valence-electron chi connectivity index (χ0n) is 16.5. The first kappa shape index (κ1) is 20.9. The van der Waals surface area contributed by atoms with E-state index in [-0.39, 0.29) is 11.3 Å². The highest BCUT2D eigenvalue weighted by atomic mass is 35.5. The van der Waals surface area contributed by atoms with Crippen molar-refractivity contribution >= 4 is 52.8 Å². The van der Waals surface area contributed by atoms with Crippen LogP contribution < -0.4 is 10.2 Å². The third-order valence-electron chi connectivity index (χ3n) is 4.68. The number of imide groups is 2. The summed E-state index contributed by atoms with van der Waals surface area (Å²) in [5, 5.41) is 3.00. The first-order valence-corrected chi connectivity index (χ1v) is 10.0. The third kappa shape index (κ3) is 4.13. The van der Waals surface area contributed by atoms with E-state index in [1.54, 1.807) is 42.5 Å². The van der Waals surface area contributed by atoms with Crippen molar-refractivity contribution in [2.75, 3.05) is 4.90 Å². The lowest BCUT2D eigenvalue weighted by Crippen LogP contribution is -2.54. The van der Waals surface area contributed by atoms with E-state index in [1.807, 2.05) is 19.9 Å². The van der Waals surface area contributed by atoms with Gasteiger partial charge in [0, 0.05) is 5.56 Å². The molecule has 0 atom stereocenters. The minimum absolute atomic E-state index is 0.214. The topological polar surface area (TPSA) is 79.6 Å². The molecule has 0 spiro atoms. The number of furan rings is 1. The molecule has 1 aromatic heterocycles. The summed E-state index contributed by atoms with van der Waals surface area (Å²) in [4.78, 5) is 38.7. The minimum atomic E-state index is -0.798. The van der Waals surface area contributed by atoms with Gasteiger partial charge in [0.05, 0.1) is 15.7 Å².